The summed E-state index contributed by atoms with van der Waals surface area (Å²) in [4.78, 5) is 11.4. The van der Waals surface area contributed by atoms with Crippen molar-refractivity contribution in [1.29, 1.82) is 0 Å². The molecular formula is C22H25F3N6. The number of fused-ring (bicyclic) bond motifs is 1. The lowest BCUT2D eigenvalue weighted by Gasteiger charge is -2.21. The SMILES string of the molecule is C=C(/C=C\C(=C/CCC)C(CCN)C(F)(F)F)n1cc(-c2ccnc3nc[nH]c23)cn1. The van der Waals surface area contributed by atoms with Gasteiger partial charge in [-0.2, -0.15) is 18.3 Å². The van der Waals surface area contributed by atoms with E-state index in [1.54, 1.807) is 37.1 Å². The van der Waals surface area contributed by atoms with Gasteiger partial charge in [0, 0.05) is 23.5 Å². The Morgan fingerprint density at radius 3 is 2.84 bits per heavy atom. The number of H-pyrrole nitrogens is 1. The van der Waals surface area contributed by atoms with E-state index in [-0.39, 0.29) is 18.5 Å². The minimum atomic E-state index is -4.36. The van der Waals surface area contributed by atoms with Crippen molar-refractivity contribution in [2.45, 2.75) is 32.4 Å². The topological polar surface area (TPSA) is 85.4 Å². The molecule has 0 saturated carbocycles. The van der Waals surface area contributed by atoms with E-state index in [0.29, 0.717) is 17.8 Å². The van der Waals surface area contributed by atoms with Gasteiger partial charge < -0.3 is 10.7 Å². The molecule has 0 fully saturated rings. The van der Waals surface area contributed by atoms with Crippen LogP contribution < -0.4 is 5.73 Å². The molecule has 0 amide bonds. The quantitative estimate of drug-likeness (QED) is 0.463. The Morgan fingerprint density at radius 1 is 1.32 bits per heavy atom. The number of alkyl halides is 3. The van der Waals surface area contributed by atoms with Crippen LogP contribution in [0.25, 0.3) is 28.0 Å². The third kappa shape index (κ3) is 5.29. The molecule has 3 aromatic heterocycles. The average Bonchev–Trinajstić information content (AvgIpc) is 3.41. The van der Waals surface area contributed by atoms with Crippen LogP contribution >= 0.6 is 0 Å². The number of aromatic nitrogens is 5. The monoisotopic (exact) mass is 430 g/mol. The van der Waals surface area contributed by atoms with E-state index in [0.717, 1.165) is 23.1 Å². The largest absolute Gasteiger partial charge is 0.395 e. The van der Waals surface area contributed by atoms with Crippen molar-refractivity contribution in [3.63, 3.8) is 0 Å². The van der Waals surface area contributed by atoms with Crippen LogP contribution in [0, 0.1) is 5.92 Å². The summed E-state index contributed by atoms with van der Waals surface area (Å²) in [7, 11) is 0. The summed E-state index contributed by atoms with van der Waals surface area (Å²) >= 11 is 0. The van der Waals surface area contributed by atoms with Crippen LogP contribution in [0.2, 0.25) is 0 Å². The van der Waals surface area contributed by atoms with Gasteiger partial charge in [-0.1, -0.05) is 32.1 Å². The summed E-state index contributed by atoms with van der Waals surface area (Å²) < 4.78 is 42.1. The van der Waals surface area contributed by atoms with Gasteiger partial charge in [0.2, 0.25) is 0 Å². The molecular weight excluding hydrogens is 405 g/mol. The maximum Gasteiger partial charge on any atom is 0.395 e. The summed E-state index contributed by atoms with van der Waals surface area (Å²) in [6.07, 6.45) is 8.06. The molecule has 0 aliphatic carbocycles. The molecule has 1 atom stereocenters. The lowest BCUT2D eigenvalue weighted by molar-refractivity contribution is -0.164. The third-order valence-corrected chi connectivity index (χ3v) is 4.90. The lowest BCUT2D eigenvalue weighted by atomic mass is 9.93. The molecule has 0 aliphatic heterocycles. The van der Waals surface area contributed by atoms with Crippen molar-refractivity contribution in [3.05, 3.63) is 61.4 Å². The summed E-state index contributed by atoms with van der Waals surface area (Å²) in [6, 6.07) is 1.84. The van der Waals surface area contributed by atoms with Crippen molar-refractivity contribution in [2.24, 2.45) is 11.7 Å². The summed E-state index contributed by atoms with van der Waals surface area (Å²) in [5, 5.41) is 4.30. The molecule has 31 heavy (non-hydrogen) atoms. The van der Waals surface area contributed by atoms with E-state index >= 15 is 0 Å². The highest BCUT2D eigenvalue weighted by molar-refractivity contribution is 5.89. The molecule has 3 rings (SSSR count). The minimum absolute atomic E-state index is 0.0427. The zero-order chi connectivity index (χ0) is 22.4. The van der Waals surface area contributed by atoms with Crippen molar-refractivity contribution in [1.82, 2.24) is 24.7 Å². The van der Waals surface area contributed by atoms with Gasteiger partial charge in [0.15, 0.2) is 5.65 Å². The van der Waals surface area contributed by atoms with Crippen LogP contribution in [-0.4, -0.2) is 37.5 Å². The number of imidazole rings is 1. The van der Waals surface area contributed by atoms with Gasteiger partial charge in [0.1, 0.15) is 0 Å². The molecule has 0 bridgehead atoms. The average molecular weight is 430 g/mol. The molecule has 164 valence electrons. The van der Waals surface area contributed by atoms with E-state index in [2.05, 4.69) is 26.6 Å². The van der Waals surface area contributed by atoms with Gasteiger partial charge in [-0.3, -0.25) is 0 Å². The first kappa shape index (κ1) is 22.5. The first-order chi connectivity index (χ1) is 14.8. The molecule has 9 heteroatoms. The predicted octanol–water partition coefficient (Wildman–Crippen LogP) is 5.10. The lowest BCUT2D eigenvalue weighted by Crippen LogP contribution is -2.27. The fourth-order valence-electron chi connectivity index (χ4n) is 3.30. The van der Waals surface area contributed by atoms with E-state index in [1.807, 2.05) is 13.0 Å². The number of nitrogens with zero attached hydrogens (tertiary/aromatic N) is 4. The zero-order valence-electron chi connectivity index (χ0n) is 17.2. The normalized spacial score (nSPS) is 13.9. The van der Waals surface area contributed by atoms with Crippen molar-refractivity contribution in [2.75, 3.05) is 6.54 Å². The maximum absolute atomic E-state index is 13.5. The predicted molar refractivity (Wildman–Crippen MR) is 116 cm³/mol. The fourth-order valence-corrected chi connectivity index (χ4v) is 3.30. The van der Waals surface area contributed by atoms with Gasteiger partial charge in [0.05, 0.1) is 29.7 Å². The summed E-state index contributed by atoms with van der Waals surface area (Å²) in [6.45, 7) is 5.83. The Morgan fingerprint density at radius 2 is 2.13 bits per heavy atom. The second kappa shape index (κ2) is 9.74. The molecule has 3 N–H and O–H groups in total. The van der Waals surface area contributed by atoms with Crippen molar-refractivity contribution < 1.29 is 13.2 Å². The first-order valence-corrected chi connectivity index (χ1v) is 10.0. The number of pyridine rings is 1. The Bertz CT molecular complexity index is 1090. The number of unbranched alkanes of at least 4 members (excludes halogenated alkanes) is 1. The maximum atomic E-state index is 13.5. The number of hydrogen-bond donors (Lipinski definition) is 2. The van der Waals surface area contributed by atoms with Crippen LogP contribution in [0.1, 0.15) is 26.2 Å². The highest BCUT2D eigenvalue weighted by atomic mass is 19.4. The zero-order valence-corrected chi connectivity index (χ0v) is 17.2. The Hall–Kier alpha value is -3.20. The van der Waals surface area contributed by atoms with Crippen LogP contribution in [0.5, 0.6) is 0 Å². The molecule has 0 aromatic carbocycles. The van der Waals surface area contributed by atoms with Crippen LogP contribution in [0.4, 0.5) is 13.2 Å². The van der Waals surface area contributed by atoms with Crippen molar-refractivity contribution in [3.8, 4) is 11.1 Å². The summed E-state index contributed by atoms with van der Waals surface area (Å²) in [5.41, 5.74) is 9.12. The highest BCUT2D eigenvalue weighted by Crippen LogP contribution is 2.35. The van der Waals surface area contributed by atoms with Crippen LogP contribution in [0.3, 0.4) is 0 Å². The molecule has 0 aliphatic rings. The molecule has 3 aromatic rings. The van der Waals surface area contributed by atoms with Gasteiger partial charge in [-0.05, 0) is 37.1 Å². The van der Waals surface area contributed by atoms with E-state index < -0.39 is 12.1 Å². The third-order valence-electron chi connectivity index (χ3n) is 4.90. The fraction of sp³-hybridized carbons (Fsp3) is 0.318. The number of halogens is 3. The van der Waals surface area contributed by atoms with E-state index in [9.17, 15) is 13.2 Å². The molecule has 6 nitrogen and oxygen atoms in total. The standard InChI is InChI=1S/C22H25F3N6/c1-3-4-5-16(19(8-10-26)22(23,24)25)7-6-15(2)31-13-17(12-30-31)18-9-11-27-21-20(18)28-14-29-21/h5-7,9,11-14,19H,2-4,8,10,26H2,1H3,(H,27,28,29)/b7-6-,16-5+. The molecule has 0 spiro atoms. The number of rotatable bonds is 9. The first-order valence-electron chi connectivity index (χ1n) is 10.0. The van der Waals surface area contributed by atoms with Gasteiger partial charge in [-0.15, -0.1) is 0 Å². The molecule has 0 saturated heterocycles. The van der Waals surface area contributed by atoms with Crippen molar-refractivity contribution >= 4 is 16.9 Å². The second-order valence-corrected chi connectivity index (χ2v) is 7.12. The van der Waals surface area contributed by atoms with Crippen LogP contribution in [-0.2, 0) is 0 Å². The van der Waals surface area contributed by atoms with Crippen LogP contribution in [0.15, 0.2) is 61.4 Å². The molecule has 3 heterocycles. The highest BCUT2D eigenvalue weighted by Gasteiger charge is 2.40. The Balaban J connectivity index is 1.84. The van der Waals surface area contributed by atoms with Gasteiger partial charge in [-0.25, -0.2) is 14.6 Å². The summed E-state index contributed by atoms with van der Waals surface area (Å²) in [5.74, 6) is -1.60. The number of nitrogens with two attached hydrogens (primary N) is 1. The Kier molecular flexibility index (Phi) is 7.06. The smallest absolute Gasteiger partial charge is 0.343 e. The molecule has 0 radical (unpaired) electrons. The minimum Gasteiger partial charge on any atom is -0.343 e. The number of hydrogen-bond acceptors (Lipinski definition) is 4. The number of nitrogens with one attached hydrogen (secondary N) is 1. The Labute approximate surface area is 178 Å². The van der Waals surface area contributed by atoms with Gasteiger partial charge in [0.25, 0.3) is 0 Å². The number of aromatic amines is 1. The second-order valence-electron chi connectivity index (χ2n) is 7.12. The van der Waals surface area contributed by atoms with E-state index in [4.69, 9.17) is 5.73 Å². The molecule has 1 unspecified atom stereocenters. The number of allylic oxidation sites excluding steroid dienone is 5. The van der Waals surface area contributed by atoms with E-state index in [1.165, 1.54) is 10.8 Å². The van der Waals surface area contributed by atoms with Gasteiger partial charge >= 0.3 is 6.18 Å².